The Morgan fingerprint density at radius 2 is 2.10 bits per heavy atom. The third-order valence-corrected chi connectivity index (χ3v) is 3.41. The summed E-state index contributed by atoms with van der Waals surface area (Å²) < 4.78 is 14.8. The molecule has 20 heavy (non-hydrogen) atoms. The van der Waals surface area contributed by atoms with E-state index >= 15 is 0 Å². The number of aryl methyl sites for hydroxylation is 1. The summed E-state index contributed by atoms with van der Waals surface area (Å²) in [6.45, 7) is 1.30. The van der Waals surface area contributed by atoms with Crippen molar-refractivity contribution in [2.75, 3.05) is 0 Å². The molecule has 0 bridgehead atoms. The van der Waals surface area contributed by atoms with Crippen molar-refractivity contribution in [1.29, 1.82) is 0 Å². The minimum absolute atomic E-state index is 0.105. The number of benzene rings is 1. The van der Waals surface area contributed by atoms with Gasteiger partial charge in [-0.2, -0.15) is 0 Å². The third kappa shape index (κ3) is 2.68. The highest BCUT2D eigenvalue weighted by atomic mass is 19.1. The van der Waals surface area contributed by atoms with Crippen LogP contribution in [0.2, 0.25) is 0 Å². The summed E-state index contributed by atoms with van der Waals surface area (Å²) in [6.07, 6.45) is 2.28. The fourth-order valence-corrected chi connectivity index (χ4v) is 2.37. The van der Waals surface area contributed by atoms with Crippen LogP contribution in [0.5, 0.6) is 0 Å². The Labute approximate surface area is 115 Å². The lowest BCUT2D eigenvalue weighted by Gasteiger charge is -2.06. The molecule has 1 amide bonds. The molecule has 0 aliphatic carbocycles. The minimum atomic E-state index is -0.298. The van der Waals surface area contributed by atoms with Crippen LogP contribution in [0.25, 0.3) is 0 Å². The van der Waals surface area contributed by atoms with Gasteiger partial charge < -0.3 is 9.88 Å². The second-order valence-electron chi connectivity index (χ2n) is 4.87. The highest BCUT2D eigenvalue weighted by Gasteiger charge is 2.17. The molecule has 104 valence electrons. The highest BCUT2D eigenvalue weighted by molar-refractivity contribution is 5.78. The Balaban J connectivity index is 1.55. The monoisotopic (exact) mass is 274 g/mol. The van der Waals surface area contributed by atoms with E-state index in [2.05, 4.69) is 20.1 Å². The number of carbonyl (C=O) groups excluding carboxylic acids is 1. The average molecular weight is 274 g/mol. The van der Waals surface area contributed by atoms with E-state index in [-0.39, 0.29) is 18.1 Å². The van der Waals surface area contributed by atoms with Crippen molar-refractivity contribution in [1.82, 2.24) is 20.1 Å². The van der Waals surface area contributed by atoms with Gasteiger partial charge in [0.2, 0.25) is 5.91 Å². The summed E-state index contributed by atoms with van der Waals surface area (Å²) in [5.74, 6) is 1.39. The van der Waals surface area contributed by atoms with Gasteiger partial charge in [0.15, 0.2) is 5.82 Å². The first-order chi connectivity index (χ1) is 9.72. The Hall–Kier alpha value is -2.24. The number of nitrogens with zero attached hydrogens (tertiary/aromatic N) is 3. The summed E-state index contributed by atoms with van der Waals surface area (Å²) in [4.78, 5) is 11.8. The number of nitrogens with one attached hydrogen (secondary N) is 1. The van der Waals surface area contributed by atoms with Crippen molar-refractivity contribution in [3.8, 4) is 0 Å². The van der Waals surface area contributed by atoms with E-state index in [0.29, 0.717) is 6.54 Å². The summed E-state index contributed by atoms with van der Waals surface area (Å²) in [5, 5.41) is 11.0. The van der Waals surface area contributed by atoms with E-state index in [1.54, 1.807) is 12.1 Å². The normalized spacial score (nSPS) is 13.2. The molecule has 5 nitrogen and oxygen atoms in total. The number of amides is 1. The van der Waals surface area contributed by atoms with Crippen LogP contribution in [0.1, 0.15) is 23.6 Å². The number of hydrogen-bond donors (Lipinski definition) is 1. The first kappa shape index (κ1) is 12.8. The summed E-state index contributed by atoms with van der Waals surface area (Å²) >= 11 is 0. The van der Waals surface area contributed by atoms with Crippen LogP contribution >= 0.6 is 0 Å². The molecule has 0 atom stereocenters. The number of fused-ring (bicyclic) bond motifs is 1. The lowest BCUT2D eigenvalue weighted by molar-refractivity contribution is -0.120. The van der Waals surface area contributed by atoms with Gasteiger partial charge in [0.1, 0.15) is 11.6 Å². The zero-order valence-corrected chi connectivity index (χ0v) is 11.0. The molecule has 3 rings (SSSR count). The topological polar surface area (TPSA) is 59.8 Å². The first-order valence-corrected chi connectivity index (χ1v) is 6.64. The second-order valence-corrected chi connectivity index (χ2v) is 4.87. The molecular formula is C14H15FN4O. The Morgan fingerprint density at radius 3 is 2.90 bits per heavy atom. The maximum Gasteiger partial charge on any atom is 0.224 e. The quantitative estimate of drug-likeness (QED) is 0.912. The van der Waals surface area contributed by atoms with E-state index < -0.39 is 0 Å². The number of halogens is 1. The molecule has 0 saturated heterocycles. The van der Waals surface area contributed by atoms with Crippen molar-refractivity contribution in [3.05, 3.63) is 47.3 Å². The Bertz CT molecular complexity index is 621. The highest BCUT2D eigenvalue weighted by Crippen LogP contribution is 2.13. The van der Waals surface area contributed by atoms with E-state index in [1.165, 1.54) is 12.1 Å². The number of carbonyl (C=O) groups is 1. The fourth-order valence-electron chi connectivity index (χ4n) is 2.37. The van der Waals surface area contributed by atoms with Crippen molar-refractivity contribution in [3.63, 3.8) is 0 Å². The second kappa shape index (κ2) is 5.40. The van der Waals surface area contributed by atoms with Gasteiger partial charge in [0, 0.05) is 13.0 Å². The van der Waals surface area contributed by atoms with Crippen LogP contribution in [0, 0.1) is 5.82 Å². The van der Waals surface area contributed by atoms with E-state index in [9.17, 15) is 9.18 Å². The zero-order valence-electron chi connectivity index (χ0n) is 11.0. The molecule has 0 saturated carbocycles. The maximum absolute atomic E-state index is 12.8. The minimum Gasteiger partial charge on any atom is -0.349 e. The molecule has 2 heterocycles. The smallest absolute Gasteiger partial charge is 0.224 e. The van der Waals surface area contributed by atoms with Gasteiger partial charge in [-0.1, -0.05) is 12.1 Å². The molecule has 0 radical (unpaired) electrons. The average Bonchev–Trinajstić information content (AvgIpc) is 3.02. The van der Waals surface area contributed by atoms with E-state index in [0.717, 1.165) is 36.6 Å². The maximum atomic E-state index is 12.8. The SMILES string of the molecule is O=C(Cc1ccc(F)cc1)NCc1nnc2n1CCC2. The summed E-state index contributed by atoms with van der Waals surface area (Å²) in [6, 6.07) is 5.94. The largest absolute Gasteiger partial charge is 0.349 e. The van der Waals surface area contributed by atoms with Crippen LogP contribution in [-0.2, 0) is 30.7 Å². The first-order valence-electron chi connectivity index (χ1n) is 6.64. The molecule has 0 spiro atoms. The number of hydrogen-bond acceptors (Lipinski definition) is 3. The van der Waals surface area contributed by atoms with Crippen molar-refractivity contribution < 1.29 is 9.18 Å². The molecule has 1 aromatic heterocycles. The number of rotatable bonds is 4. The van der Waals surface area contributed by atoms with E-state index in [4.69, 9.17) is 0 Å². The lowest BCUT2D eigenvalue weighted by atomic mass is 10.1. The van der Waals surface area contributed by atoms with Gasteiger partial charge in [0.25, 0.3) is 0 Å². The van der Waals surface area contributed by atoms with Gasteiger partial charge in [0.05, 0.1) is 13.0 Å². The van der Waals surface area contributed by atoms with Crippen molar-refractivity contribution in [2.45, 2.75) is 32.4 Å². The zero-order chi connectivity index (χ0) is 13.9. The van der Waals surface area contributed by atoms with Crippen molar-refractivity contribution in [2.24, 2.45) is 0 Å². The molecule has 6 heteroatoms. The molecule has 1 aliphatic heterocycles. The standard InChI is InChI=1S/C14H15FN4O/c15-11-5-3-10(4-6-11)8-14(20)16-9-13-18-17-12-2-1-7-19(12)13/h3-6H,1-2,7-9H2,(H,16,20). The molecule has 0 unspecified atom stereocenters. The lowest BCUT2D eigenvalue weighted by Crippen LogP contribution is -2.26. The van der Waals surface area contributed by atoms with Crippen LogP contribution in [-0.4, -0.2) is 20.7 Å². The third-order valence-electron chi connectivity index (χ3n) is 3.41. The van der Waals surface area contributed by atoms with Gasteiger partial charge >= 0.3 is 0 Å². The van der Waals surface area contributed by atoms with Crippen LogP contribution in [0.15, 0.2) is 24.3 Å². The van der Waals surface area contributed by atoms with Crippen LogP contribution in [0.4, 0.5) is 4.39 Å². The number of aromatic nitrogens is 3. The molecule has 1 aromatic carbocycles. The van der Waals surface area contributed by atoms with Gasteiger partial charge in [-0.25, -0.2) is 4.39 Å². The van der Waals surface area contributed by atoms with Crippen LogP contribution < -0.4 is 5.32 Å². The molecule has 0 fully saturated rings. The fraction of sp³-hybridized carbons (Fsp3) is 0.357. The molecule has 2 aromatic rings. The summed E-state index contributed by atoms with van der Waals surface area (Å²) in [5.41, 5.74) is 0.787. The summed E-state index contributed by atoms with van der Waals surface area (Å²) in [7, 11) is 0. The predicted molar refractivity (Wildman–Crippen MR) is 70.3 cm³/mol. The molecular weight excluding hydrogens is 259 g/mol. The molecule has 1 N–H and O–H groups in total. The molecule has 1 aliphatic rings. The van der Waals surface area contributed by atoms with Crippen LogP contribution in [0.3, 0.4) is 0 Å². The van der Waals surface area contributed by atoms with Crippen molar-refractivity contribution >= 4 is 5.91 Å². The van der Waals surface area contributed by atoms with E-state index in [1.807, 2.05) is 0 Å². The van der Waals surface area contributed by atoms with Gasteiger partial charge in [-0.3, -0.25) is 4.79 Å². The van der Waals surface area contributed by atoms with Gasteiger partial charge in [-0.15, -0.1) is 10.2 Å². The predicted octanol–water partition coefficient (Wildman–Crippen LogP) is 1.22. The Kier molecular flexibility index (Phi) is 3.45. The van der Waals surface area contributed by atoms with Gasteiger partial charge in [-0.05, 0) is 24.1 Å². The Morgan fingerprint density at radius 1 is 1.30 bits per heavy atom.